The number of aromatic nitrogens is 4. The summed E-state index contributed by atoms with van der Waals surface area (Å²) in [6.45, 7) is 1.24. The molecule has 2 N–H and O–H groups in total. The first-order valence-corrected chi connectivity index (χ1v) is 7.63. The topological polar surface area (TPSA) is 86.8 Å². The predicted molar refractivity (Wildman–Crippen MR) is 91.7 cm³/mol. The molecule has 1 aromatic heterocycles. The molecule has 0 aliphatic carbocycles. The number of carbonyl (C=O) groups is 1. The third-order valence-electron chi connectivity index (χ3n) is 3.69. The summed E-state index contributed by atoms with van der Waals surface area (Å²) in [5.74, 6) is 0.249. The van der Waals surface area contributed by atoms with Crippen LogP contribution in [-0.4, -0.2) is 46.7 Å². The number of anilines is 1. The van der Waals surface area contributed by atoms with Crippen LogP contribution in [0.15, 0.2) is 54.6 Å². The van der Waals surface area contributed by atoms with Gasteiger partial charge in [-0.05, 0) is 23.4 Å². The first-order chi connectivity index (χ1) is 11.8. The van der Waals surface area contributed by atoms with Crippen molar-refractivity contribution >= 4 is 11.6 Å². The molecule has 24 heavy (non-hydrogen) atoms. The number of nitrogens with one attached hydrogen (secondary N) is 2. The first kappa shape index (κ1) is 15.7. The van der Waals surface area contributed by atoms with Crippen LogP contribution in [-0.2, 0) is 0 Å². The van der Waals surface area contributed by atoms with Gasteiger partial charge < -0.3 is 10.2 Å². The lowest BCUT2D eigenvalue weighted by Crippen LogP contribution is -2.33. The zero-order valence-corrected chi connectivity index (χ0v) is 13.3. The summed E-state index contributed by atoms with van der Waals surface area (Å²) >= 11 is 0. The van der Waals surface area contributed by atoms with Gasteiger partial charge in [0.1, 0.15) is 0 Å². The number of hydrogen-bond acceptors (Lipinski definition) is 5. The van der Waals surface area contributed by atoms with Crippen LogP contribution in [0.25, 0.3) is 11.4 Å². The Kier molecular flexibility index (Phi) is 4.81. The van der Waals surface area contributed by atoms with Gasteiger partial charge in [0, 0.05) is 31.4 Å². The second-order valence-corrected chi connectivity index (χ2v) is 5.29. The minimum Gasteiger partial charge on any atom is -0.373 e. The smallest absolute Gasteiger partial charge is 0.252 e. The minimum atomic E-state index is -0.156. The molecule has 3 rings (SSSR count). The van der Waals surface area contributed by atoms with Gasteiger partial charge in [-0.2, -0.15) is 5.21 Å². The summed E-state index contributed by atoms with van der Waals surface area (Å²) in [5.41, 5.74) is 2.29. The number of aromatic amines is 1. The van der Waals surface area contributed by atoms with Crippen molar-refractivity contribution in [3.63, 3.8) is 0 Å². The van der Waals surface area contributed by atoms with E-state index in [0.717, 1.165) is 5.69 Å². The Morgan fingerprint density at radius 2 is 1.88 bits per heavy atom. The molecule has 0 unspecified atom stereocenters. The molecule has 0 spiro atoms. The van der Waals surface area contributed by atoms with Crippen LogP contribution in [0.1, 0.15) is 10.4 Å². The van der Waals surface area contributed by atoms with Gasteiger partial charge >= 0.3 is 0 Å². The van der Waals surface area contributed by atoms with Crippen molar-refractivity contribution in [2.75, 3.05) is 25.0 Å². The van der Waals surface area contributed by atoms with E-state index in [1.54, 1.807) is 12.1 Å². The summed E-state index contributed by atoms with van der Waals surface area (Å²) in [4.78, 5) is 14.6. The largest absolute Gasteiger partial charge is 0.373 e. The molecular formula is C17H18N6O. The third-order valence-corrected chi connectivity index (χ3v) is 3.69. The fourth-order valence-electron chi connectivity index (χ4n) is 2.40. The fourth-order valence-corrected chi connectivity index (χ4v) is 2.40. The first-order valence-electron chi connectivity index (χ1n) is 7.63. The molecule has 3 aromatic rings. The van der Waals surface area contributed by atoms with Crippen LogP contribution < -0.4 is 10.2 Å². The highest BCUT2D eigenvalue weighted by atomic mass is 16.1. The monoisotopic (exact) mass is 322 g/mol. The van der Waals surface area contributed by atoms with Crippen molar-refractivity contribution in [2.45, 2.75) is 0 Å². The second kappa shape index (κ2) is 7.36. The maximum absolute atomic E-state index is 12.5. The molecule has 2 aromatic carbocycles. The van der Waals surface area contributed by atoms with E-state index in [1.165, 1.54) is 0 Å². The lowest BCUT2D eigenvalue weighted by Gasteiger charge is -2.19. The zero-order valence-electron chi connectivity index (χ0n) is 13.3. The van der Waals surface area contributed by atoms with E-state index in [0.29, 0.717) is 30.0 Å². The Morgan fingerprint density at radius 1 is 1.12 bits per heavy atom. The number of H-pyrrole nitrogens is 1. The van der Waals surface area contributed by atoms with Crippen molar-refractivity contribution in [1.82, 2.24) is 25.9 Å². The van der Waals surface area contributed by atoms with Crippen LogP contribution in [0.3, 0.4) is 0 Å². The number of para-hydroxylation sites is 1. The van der Waals surface area contributed by atoms with Gasteiger partial charge in [-0.3, -0.25) is 4.79 Å². The Balaban J connectivity index is 1.62. The summed E-state index contributed by atoms with van der Waals surface area (Å²) in [6, 6.07) is 17.2. The van der Waals surface area contributed by atoms with Crippen molar-refractivity contribution in [2.24, 2.45) is 0 Å². The third kappa shape index (κ3) is 3.57. The van der Waals surface area contributed by atoms with E-state index < -0.39 is 0 Å². The van der Waals surface area contributed by atoms with Crippen LogP contribution in [0.4, 0.5) is 5.69 Å². The lowest BCUT2D eigenvalue weighted by atomic mass is 10.1. The molecule has 0 aliphatic rings. The van der Waals surface area contributed by atoms with Crippen LogP contribution >= 0.6 is 0 Å². The number of amides is 1. The van der Waals surface area contributed by atoms with Crippen molar-refractivity contribution in [3.8, 4) is 11.4 Å². The SMILES string of the molecule is CN(CCNC(=O)c1ccccc1-c1nn[nH]n1)c1ccccc1. The summed E-state index contributed by atoms with van der Waals surface area (Å²) in [5, 5.41) is 16.8. The van der Waals surface area contributed by atoms with Crippen LogP contribution in [0.5, 0.6) is 0 Å². The zero-order chi connectivity index (χ0) is 16.8. The van der Waals surface area contributed by atoms with Gasteiger partial charge in [-0.25, -0.2) is 0 Å². The normalized spacial score (nSPS) is 10.4. The second-order valence-electron chi connectivity index (χ2n) is 5.29. The molecule has 0 atom stereocenters. The highest BCUT2D eigenvalue weighted by Gasteiger charge is 2.14. The highest BCUT2D eigenvalue weighted by Crippen LogP contribution is 2.18. The Hall–Kier alpha value is -3.22. The van der Waals surface area contributed by atoms with Crippen molar-refractivity contribution in [3.05, 3.63) is 60.2 Å². The van der Waals surface area contributed by atoms with Gasteiger partial charge in [0.2, 0.25) is 5.82 Å². The molecule has 0 fully saturated rings. The quantitative estimate of drug-likeness (QED) is 0.722. The number of rotatable bonds is 6. The van der Waals surface area contributed by atoms with E-state index in [2.05, 4.69) is 30.8 Å². The number of hydrogen-bond donors (Lipinski definition) is 2. The van der Waals surface area contributed by atoms with Gasteiger partial charge in [0.05, 0.1) is 5.56 Å². The molecule has 7 heteroatoms. The van der Waals surface area contributed by atoms with Gasteiger partial charge in [-0.15, -0.1) is 10.2 Å². The summed E-state index contributed by atoms with van der Waals surface area (Å²) < 4.78 is 0. The maximum atomic E-state index is 12.5. The molecule has 1 heterocycles. The maximum Gasteiger partial charge on any atom is 0.252 e. The van der Waals surface area contributed by atoms with Crippen molar-refractivity contribution < 1.29 is 4.79 Å². The van der Waals surface area contributed by atoms with E-state index in [-0.39, 0.29) is 5.91 Å². The molecule has 0 saturated carbocycles. The van der Waals surface area contributed by atoms with Gasteiger partial charge in [0.25, 0.3) is 5.91 Å². The molecule has 7 nitrogen and oxygen atoms in total. The van der Waals surface area contributed by atoms with Crippen LogP contribution in [0.2, 0.25) is 0 Å². The Bertz CT molecular complexity index is 788. The molecule has 0 aliphatic heterocycles. The number of benzene rings is 2. The average Bonchev–Trinajstić information content (AvgIpc) is 3.17. The lowest BCUT2D eigenvalue weighted by molar-refractivity contribution is 0.0955. The average molecular weight is 322 g/mol. The molecule has 122 valence electrons. The van der Waals surface area contributed by atoms with Crippen LogP contribution in [0, 0.1) is 0 Å². The molecule has 1 amide bonds. The minimum absolute atomic E-state index is 0.156. The highest BCUT2D eigenvalue weighted by molar-refractivity contribution is 6.00. The summed E-state index contributed by atoms with van der Waals surface area (Å²) in [7, 11) is 1.99. The van der Waals surface area contributed by atoms with E-state index in [9.17, 15) is 4.79 Å². The molecule has 0 bridgehead atoms. The molecule has 0 saturated heterocycles. The molecular weight excluding hydrogens is 304 g/mol. The number of nitrogens with zero attached hydrogens (tertiary/aromatic N) is 4. The summed E-state index contributed by atoms with van der Waals surface area (Å²) in [6.07, 6.45) is 0. The fraction of sp³-hybridized carbons (Fsp3) is 0.176. The van der Waals surface area contributed by atoms with E-state index in [4.69, 9.17) is 0 Å². The van der Waals surface area contributed by atoms with Gasteiger partial charge in [-0.1, -0.05) is 36.4 Å². The van der Waals surface area contributed by atoms with Gasteiger partial charge in [0.15, 0.2) is 0 Å². The molecule has 0 radical (unpaired) electrons. The standard InChI is InChI=1S/C17H18N6O/c1-23(13-7-3-2-4-8-13)12-11-18-17(24)15-10-6-5-9-14(15)16-19-21-22-20-16/h2-10H,11-12H2,1H3,(H,18,24)(H,19,20,21,22). The number of carbonyl (C=O) groups excluding carboxylic acids is 1. The van der Waals surface area contributed by atoms with Crippen molar-refractivity contribution in [1.29, 1.82) is 0 Å². The Labute approximate surface area is 139 Å². The van der Waals surface area contributed by atoms with E-state index in [1.807, 2.05) is 49.5 Å². The Morgan fingerprint density at radius 3 is 2.62 bits per heavy atom. The van der Waals surface area contributed by atoms with E-state index >= 15 is 0 Å². The number of likely N-dealkylation sites (N-methyl/N-ethyl adjacent to an activating group) is 1. The predicted octanol–water partition coefficient (Wildman–Crippen LogP) is 1.73. The number of tetrazole rings is 1.